The van der Waals surface area contributed by atoms with Crippen LogP contribution in [0.25, 0.3) is 0 Å². The van der Waals surface area contributed by atoms with Crippen LogP contribution in [0.3, 0.4) is 0 Å². The lowest BCUT2D eigenvalue weighted by molar-refractivity contribution is -0.161. The Kier molecular flexibility index (Phi) is 5.23. The van der Waals surface area contributed by atoms with Crippen molar-refractivity contribution >= 4 is 17.7 Å². The van der Waals surface area contributed by atoms with Gasteiger partial charge in [-0.2, -0.15) is 0 Å². The lowest BCUT2D eigenvalue weighted by Crippen LogP contribution is -2.50. The van der Waals surface area contributed by atoms with Crippen LogP contribution in [0.15, 0.2) is 18.3 Å². The zero-order chi connectivity index (χ0) is 17.0. The van der Waals surface area contributed by atoms with E-state index in [1.165, 1.54) is 6.20 Å². The van der Waals surface area contributed by atoms with Crippen molar-refractivity contribution in [1.82, 2.24) is 9.88 Å². The molecule has 0 aromatic carbocycles. The smallest absolute Gasteiger partial charge is 0.329 e. The molecule has 1 aliphatic heterocycles. The molecule has 0 bridgehead atoms. The van der Waals surface area contributed by atoms with Crippen molar-refractivity contribution in [3.63, 3.8) is 0 Å². The molecule has 0 radical (unpaired) electrons. The third-order valence-corrected chi connectivity index (χ3v) is 3.71. The zero-order valence-corrected chi connectivity index (χ0v) is 14.3. The minimum Gasteiger partial charge on any atom is -0.458 e. The number of piperidine rings is 1. The largest absolute Gasteiger partial charge is 0.458 e. The molecule has 1 fully saturated rings. The Labute approximate surface area is 137 Å². The number of likely N-dealkylation sites (tertiary alicyclic amines) is 1. The van der Waals surface area contributed by atoms with Gasteiger partial charge in [0.2, 0.25) is 0 Å². The molecule has 1 aliphatic rings. The van der Waals surface area contributed by atoms with E-state index in [0.717, 1.165) is 12.8 Å². The third-order valence-electron chi connectivity index (χ3n) is 3.71. The number of amides is 1. The number of aromatic nitrogens is 1. The Morgan fingerprint density at radius 1 is 1.30 bits per heavy atom. The van der Waals surface area contributed by atoms with E-state index in [1.807, 2.05) is 20.8 Å². The molecule has 1 aromatic heterocycles. The molecule has 6 heteroatoms. The lowest BCUT2D eigenvalue weighted by atomic mass is 10.0. The molecule has 0 spiro atoms. The van der Waals surface area contributed by atoms with Crippen molar-refractivity contribution in [3.8, 4) is 0 Å². The van der Waals surface area contributed by atoms with Gasteiger partial charge in [-0.3, -0.25) is 4.79 Å². The number of carbonyl (C=O) groups excluding carboxylic acids is 2. The molecule has 1 amide bonds. The number of ether oxygens (including phenoxy) is 1. The van der Waals surface area contributed by atoms with Gasteiger partial charge in [0.25, 0.3) is 5.91 Å². The quantitative estimate of drug-likeness (QED) is 0.867. The topological polar surface area (TPSA) is 71.5 Å². The highest BCUT2D eigenvalue weighted by Gasteiger charge is 2.35. The predicted octanol–water partition coefficient (Wildman–Crippen LogP) is 2.46. The molecule has 1 N–H and O–H groups in total. The van der Waals surface area contributed by atoms with Crippen LogP contribution >= 0.6 is 0 Å². The Morgan fingerprint density at radius 3 is 2.61 bits per heavy atom. The van der Waals surface area contributed by atoms with E-state index in [-0.39, 0.29) is 11.9 Å². The minimum atomic E-state index is -0.556. The van der Waals surface area contributed by atoms with Crippen LogP contribution in [0, 0.1) is 0 Å². The zero-order valence-electron chi connectivity index (χ0n) is 14.3. The van der Waals surface area contributed by atoms with Gasteiger partial charge in [-0.15, -0.1) is 0 Å². The van der Waals surface area contributed by atoms with E-state index in [1.54, 1.807) is 24.1 Å². The maximum absolute atomic E-state index is 12.7. The van der Waals surface area contributed by atoms with Crippen LogP contribution in [-0.4, -0.2) is 47.0 Å². The molecule has 1 aromatic rings. The Balaban J connectivity index is 2.16. The summed E-state index contributed by atoms with van der Waals surface area (Å²) in [6.07, 6.45) is 4.00. The van der Waals surface area contributed by atoms with E-state index < -0.39 is 11.6 Å². The van der Waals surface area contributed by atoms with Gasteiger partial charge in [-0.25, -0.2) is 9.78 Å². The second-order valence-electron chi connectivity index (χ2n) is 6.73. The molecule has 2 rings (SSSR count). The van der Waals surface area contributed by atoms with E-state index in [0.29, 0.717) is 24.3 Å². The molecule has 0 saturated carbocycles. The van der Waals surface area contributed by atoms with E-state index in [4.69, 9.17) is 4.74 Å². The molecule has 126 valence electrons. The normalized spacial score (nSPS) is 18.4. The summed E-state index contributed by atoms with van der Waals surface area (Å²) >= 11 is 0. The first-order chi connectivity index (χ1) is 10.8. The van der Waals surface area contributed by atoms with Crippen LogP contribution < -0.4 is 5.32 Å². The summed E-state index contributed by atoms with van der Waals surface area (Å²) < 4.78 is 5.47. The average molecular weight is 319 g/mol. The molecule has 0 aliphatic carbocycles. The molecule has 6 nitrogen and oxygen atoms in total. The molecule has 1 saturated heterocycles. The number of esters is 1. The van der Waals surface area contributed by atoms with Gasteiger partial charge in [-0.05, 0) is 52.2 Å². The number of anilines is 1. The molecular weight excluding hydrogens is 294 g/mol. The second kappa shape index (κ2) is 6.98. The van der Waals surface area contributed by atoms with Crippen molar-refractivity contribution in [2.75, 3.05) is 18.9 Å². The Hall–Kier alpha value is -2.11. The van der Waals surface area contributed by atoms with Crippen molar-refractivity contribution in [1.29, 1.82) is 0 Å². The van der Waals surface area contributed by atoms with Crippen molar-refractivity contribution in [3.05, 3.63) is 23.9 Å². The highest BCUT2D eigenvalue weighted by atomic mass is 16.6. The predicted molar refractivity (Wildman–Crippen MR) is 88.3 cm³/mol. The maximum atomic E-state index is 12.7. The fourth-order valence-corrected chi connectivity index (χ4v) is 2.62. The molecular formula is C17H25N3O3. The standard InChI is InChI=1S/C17H25N3O3/c1-17(2,3)23-16(22)13-7-5-6-10-20(13)15(21)12-8-9-14(18-4)19-11-12/h8-9,11,13H,5-7,10H2,1-4H3,(H,18,19)/t13-/m1/s1. The van der Waals surface area contributed by atoms with Gasteiger partial charge >= 0.3 is 5.97 Å². The summed E-state index contributed by atoms with van der Waals surface area (Å²) in [7, 11) is 1.77. The van der Waals surface area contributed by atoms with Gasteiger partial charge in [0.15, 0.2) is 0 Å². The number of hydrogen-bond acceptors (Lipinski definition) is 5. The fourth-order valence-electron chi connectivity index (χ4n) is 2.62. The first-order valence-electron chi connectivity index (χ1n) is 7.99. The number of rotatable bonds is 3. The molecule has 1 atom stereocenters. The monoisotopic (exact) mass is 319 g/mol. The first kappa shape index (κ1) is 17.2. The van der Waals surface area contributed by atoms with Gasteiger partial charge < -0.3 is 15.0 Å². The number of hydrogen-bond donors (Lipinski definition) is 1. The summed E-state index contributed by atoms with van der Waals surface area (Å²) in [6.45, 7) is 6.07. The summed E-state index contributed by atoms with van der Waals surface area (Å²) in [6, 6.07) is 2.96. The number of pyridine rings is 1. The third kappa shape index (κ3) is 4.43. The van der Waals surface area contributed by atoms with Gasteiger partial charge in [0, 0.05) is 19.8 Å². The van der Waals surface area contributed by atoms with Gasteiger partial charge in [-0.1, -0.05) is 0 Å². The van der Waals surface area contributed by atoms with Crippen LogP contribution in [0.5, 0.6) is 0 Å². The molecule has 23 heavy (non-hydrogen) atoms. The Morgan fingerprint density at radius 2 is 2.04 bits per heavy atom. The van der Waals surface area contributed by atoms with Gasteiger partial charge in [0.1, 0.15) is 17.5 Å². The summed E-state index contributed by atoms with van der Waals surface area (Å²) in [5, 5.41) is 2.92. The average Bonchev–Trinajstić information content (AvgIpc) is 2.52. The summed E-state index contributed by atoms with van der Waals surface area (Å²) in [5.74, 6) is 0.199. The molecule has 0 unspecified atom stereocenters. The van der Waals surface area contributed by atoms with E-state index in [2.05, 4.69) is 10.3 Å². The van der Waals surface area contributed by atoms with E-state index in [9.17, 15) is 9.59 Å². The summed E-state index contributed by atoms with van der Waals surface area (Å²) in [4.78, 5) is 30.9. The van der Waals surface area contributed by atoms with E-state index >= 15 is 0 Å². The number of nitrogens with zero attached hydrogens (tertiary/aromatic N) is 2. The highest BCUT2D eigenvalue weighted by molar-refractivity contribution is 5.96. The van der Waals surface area contributed by atoms with Gasteiger partial charge in [0.05, 0.1) is 5.56 Å². The van der Waals surface area contributed by atoms with Crippen LogP contribution in [0.1, 0.15) is 50.4 Å². The second-order valence-corrected chi connectivity index (χ2v) is 6.73. The van der Waals surface area contributed by atoms with Crippen LogP contribution in [0.2, 0.25) is 0 Å². The van der Waals surface area contributed by atoms with Crippen LogP contribution in [-0.2, 0) is 9.53 Å². The number of carbonyl (C=O) groups is 2. The molecule has 2 heterocycles. The SMILES string of the molecule is CNc1ccc(C(=O)N2CCCC[C@@H]2C(=O)OC(C)(C)C)cn1. The lowest BCUT2D eigenvalue weighted by Gasteiger charge is -2.35. The van der Waals surface area contributed by atoms with Crippen molar-refractivity contribution in [2.24, 2.45) is 0 Å². The van der Waals surface area contributed by atoms with Crippen molar-refractivity contribution < 1.29 is 14.3 Å². The summed E-state index contributed by atoms with van der Waals surface area (Å²) in [5.41, 5.74) is -0.0707. The maximum Gasteiger partial charge on any atom is 0.329 e. The fraction of sp³-hybridized carbons (Fsp3) is 0.588. The number of nitrogens with one attached hydrogen (secondary N) is 1. The Bertz CT molecular complexity index is 563. The van der Waals surface area contributed by atoms with Crippen molar-refractivity contribution in [2.45, 2.75) is 51.7 Å². The van der Waals surface area contributed by atoms with Crippen LogP contribution in [0.4, 0.5) is 5.82 Å². The minimum absolute atomic E-state index is 0.171. The first-order valence-corrected chi connectivity index (χ1v) is 7.99. The highest BCUT2D eigenvalue weighted by Crippen LogP contribution is 2.23.